The molecule has 4 atom stereocenters. The lowest BCUT2D eigenvalue weighted by Crippen LogP contribution is -2.57. The average Bonchev–Trinajstić information content (AvgIpc) is 2.58. The van der Waals surface area contributed by atoms with E-state index < -0.39 is 17.6 Å². The van der Waals surface area contributed by atoms with Crippen molar-refractivity contribution in [3.8, 4) is 0 Å². The zero-order valence-electron chi connectivity index (χ0n) is 14.6. The Bertz CT molecular complexity index is 613. The van der Waals surface area contributed by atoms with Gasteiger partial charge in [-0.25, -0.2) is 0 Å². The number of methoxy groups -OCH3 is 1. The smallest absolute Gasteiger partial charge is 0.230 e. The topological polar surface area (TPSA) is 76.1 Å². The number of piperidine rings is 1. The van der Waals surface area contributed by atoms with Crippen LogP contribution in [0, 0.1) is 11.3 Å². The first kappa shape index (κ1) is 20.0. The Morgan fingerprint density at radius 3 is 2.88 bits per heavy atom. The van der Waals surface area contributed by atoms with Crippen molar-refractivity contribution >= 4 is 35.2 Å². The first-order valence-corrected chi connectivity index (χ1v) is 9.11. The van der Waals surface area contributed by atoms with Gasteiger partial charge in [-0.15, -0.1) is 0 Å². The summed E-state index contributed by atoms with van der Waals surface area (Å²) in [6, 6.07) is -0.549. The molecule has 0 spiro atoms. The summed E-state index contributed by atoms with van der Waals surface area (Å²) < 4.78 is 10.4. The quantitative estimate of drug-likeness (QED) is 0.374. The predicted molar refractivity (Wildman–Crippen MR) is 101 cm³/mol. The molecule has 138 valence electrons. The highest BCUT2D eigenvalue weighted by Crippen LogP contribution is 2.45. The van der Waals surface area contributed by atoms with Crippen LogP contribution < -0.4 is 0 Å². The second-order valence-electron chi connectivity index (χ2n) is 6.66. The van der Waals surface area contributed by atoms with Gasteiger partial charge in [0.1, 0.15) is 17.8 Å². The van der Waals surface area contributed by atoms with Gasteiger partial charge in [0.15, 0.2) is 23.0 Å². The van der Waals surface area contributed by atoms with Gasteiger partial charge >= 0.3 is 0 Å². The number of nitrogens with zero attached hydrogens (tertiary/aromatic N) is 1. The first-order valence-electron chi connectivity index (χ1n) is 8.22. The van der Waals surface area contributed by atoms with Crippen LogP contribution >= 0.6 is 23.0 Å². The Labute approximate surface area is 162 Å². The Hall–Kier alpha value is -1.35. The molecule has 1 heterocycles. The Morgan fingerprint density at radius 1 is 1.60 bits per heavy atom. The number of allylic oxidation sites excluding steroid dienone is 2. The molecule has 0 bridgehead atoms. The van der Waals surface area contributed by atoms with Crippen molar-refractivity contribution in [3.05, 3.63) is 35.8 Å². The molecule has 2 aliphatic rings. The number of likely N-dealkylation sites (tertiary alicyclic amines) is 1. The van der Waals surface area contributed by atoms with Gasteiger partial charge in [0.2, 0.25) is 5.91 Å². The van der Waals surface area contributed by atoms with Crippen molar-refractivity contribution in [2.24, 2.45) is 11.3 Å². The molecule has 7 heteroatoms. The summed E-state index contributed by atoms with van der Waals surface area (Å²) in [5.74, 6) is 1.13. The van der Waals surface area contributed by atoms with E-state index in [1.54, 1.807) is 41.9 Å². The van der Waals surface area contributed by atoms with Crippen molar-refractivity contribution in [1.82, 2.24) is 4.90 Å². The van der Waals surface area contributed by atoms with Crippen LogP contribution in [0.5, 0.6) is 0 Å². The van der Waals surface area contributed by atoms with Crippen LogP contribution in [0.25, 0.3) is 0 Å². The van der Waals surface area contributed by atoms with Gasteiger partial charge in [0, 0.05) is 12.0 Å². The fraction of sp³-hybridized carbons (Fsp3) is 0.556. The lowest BCUT2D eigenvalue weighted by Gasteiger charge is -2.49. The molecule has 0 saturated carbocycles. The third-order valence-electron chi connectivity index (χ3n) is 4.96. The van der Waals surface area contributed by atoms with E-state index in [1.807, 2.05) is 25.2 Å². The zero-order chi connectivity index (χ0) is 18.6. The fourth-order valence-corrected chi connectivity index (χ4v) is 3.85. The summed E-state index contributed by atoms with van der Waals surface area (Å²) in [5.41, 5.74) is -0.461. The molecule has 0 aromatic heterocycles. The van der Waals surface area contributed by atoms with Crippen molar-refractivity contribution in [2.75, 3.05) is 13.7 Å². The molecule has 6 nitrogen and oxygen atoms in total. The van der Waals surface area contributed by atoms with E-state index >= 15 is 0 Å². The number of halogens is 1. The molecule has 0 radical (unpaired) electrons. The van der Waals surface area contributed by atoms with Gasteiger partial charge in [-0.3, -0.25) is 4.79 Å². The van der Waals surface area contributed by atoms with Crippen molar-refractivity contribution in [1.29, 1.82) is 0 Å². The van der Waals surface area contributed by atoms with E-state index in [1.165, 1.54) is 6.08 Å². The molecule has 1 aliphatic heterocycles. The maximum absolute atomic E-state index is 12.8. The Balaban J connectivity index is 2.21. The van der Waals surface area contributed by atoms with Crippen molar-refractivity contribution in [2.45, 2.75) is 38.8 Å². The summed E-state index contributed by atoms with van der Waals surface area (Å²) in [6.07, 6.45) is 8.26. The summed E-state index contributed by atoms with van der Waals surface area (Å²) in [6.45, 7) is 4.08. The number of amides is 1. The van der Waals surface area contributed by atoms with E-state index in [0.29, 0.717) is 12.3 Å². The van der Waals surface area contributed by atoms with Crippen LogP contribution in [0.15, 0.2) is 35.8 Å². The lowest BCUT2D eigenvalue weighted by atomic mass is 9.65. The Morgan fingerprint density at radius 2 is 2.32 bits per heavy atom. The van der Waals surface area contributed by atoms with Crippen LogP contribution in [0.4, 0.5) is 0 Å². The molecular weight excluding hydrogens is 437 g/mol. The molecule has 1 fully saturated rings. The first-order chi connectivity index (χ1) is 11.8. The summed E-state index contributed by atoms with van der Waals surface area (Å²) in [7, 11) is 1.62. The van der Waals surface area contributed by atoms with Crippen LogP contribution in [0.2, 0.25) is 0 Å². The van der Waals surface area contributed by atoms with Gasteiger partial charge in [-0.1, -0.05) is 13.0 Å². The molecule has 2 rings (SSSR count). The highest BCUT2D eigenvalue weighted by Gasteiger charge is 2.48. The normalized spacial score (nSPS) is 30.2. The van der Waals surface area contributed by atoms with E-state index in [0.717, 1.165) is 18.5 Å². The highest BCUT2D eigenvalue weighted by molar-refractivity contribution is 14.1. The molecule has 0 aromatic rings. The maximum Gasteiger partial charge on any atom is 0.230 e. The average molecular weight is 461 g/mol. The van der Waals surface area contributed by atoms with E-state index in [2.05, 4.69) is 0 Å². The molecule has 1 amide bonds. The fourth-order valence-electron chi connectivity index (χ4n) is 3.55. The number of hydrogen-bond acceptors (Lipinski definition) is 5. The van der Waals surface area contributed by atoms with Gasteiger partial charge in [0.05, 0.1) is 25.7 Å². The van der Waals surface area contributed by atoms with Crippen LogP contribution in [0.3, 0.4) is 0 Å². The predicted octanol–water partition coefficient (Wildman–Crippen LogP) is 2.53. The van der Waals surface area contributed by atoms with Crippen molar-refractivity contribution in [3.63, 3.8) is 0 Å². The SMILES string of the molecule is COC1=CC2CCN(C(=O)C/C(=C/[C@H](C)O)OI)C(C=O)[C@@]2(C)C=C1. The molecule has 1 saturated heterocycles. The second-order valence-corrected chi connectivity index (χ2v) is 7.10. The number of aldehydes is 1. The number of hydrogen-bond donors (Lipinski definition) is 1. The standard InChI is InChI=1S/C18H24INO5/c1-12(22)8-15(25-19)10-17(23)20-7-5-13-9-14(24-3)4-6-18(13,2)16(20)11-21/h4,6,8-9,11-13,16,22H,5,7,10H2,1-3H3/b15-8-/t12-,13?,16?,18-/m0/s1. The molecule has 0 aromatic carbocycles. The van der Waals surface area contributed by atoms with Gasteiger partial charge in [-0.2, -0.15) is 0 Å². The summed E-state index contributed by atoms with van der Waals surface area (Å²) >= 11 is 1.69. The Kier molecular flexibility index (Phi) is 6.67. The number of rotatable bonds is 6. The number of aliphatic hydroxyl groups excluding tert-OH is 1. The monoisotopic (exact) mass is 461 g/mol. The number of fused-ring (bicyclic) bond motifs is 1. The van der Waals surface area contributed by atoms with E-state index in [4.69, 9.17) is 7.80 Å². The van der Waals surface area contributed by atoms with Crippen molar-refractivity contribution < 1.29 is 22.5 Å². The second kappa shape index (κ2) is 8.35. The van der Waals surface area contributed by atoms with E-state index in [-0.39, 0.29) is 18.2 Å². The number of carbonyl (C=O) groups is 2. The minimum Gasteiger partial charge on any atom is -0.497 e. The molecule has 1 aliphatic carbocycles. The number of ether oxygens (including phenoxy) is 1. The molecule has 2 unspecified atom stereocenters. The van der Waals surface area contributed by atoms with Crippen LogP contribution in [0.1, 0.15) is 26.7 Å². The minimum atomic E-state index is -0.707. The largest absolute Gasteiger partial charge is 0.497 e. The van der Waals surface area contributed by atoms with Crippen LogP contribution in [-0.2, 0) is 17.4 Å². The minimum absolute atomic E-state index is 0.0157. The summed E-state index contributed by atoms with van der Waals surface area (Å²) in [5, 5.41) is 9.45. The van der Waals surface area contributed by atoms with Gasteiger partial charge in [-0.05, 0) is 37.5 Å². The van der Waals surface area contributed by atoms with E-state index in [9.17, 15) is 14.7 Å². The molecular formula is C18H24INO5. The van der Waals surface area contributed by atoms with Crippen LogP contribution in [-0.4, -0.2) is 48.0 Å². The van der Waals surface area contributed by atoms with Gasteiger partial charge in [0.25, 0.3) is 0 Å². The lowest BCUT2D eigenvalue weighted by molar-refractivity contribution is -0.143. The molecule has 25 heavy (non-hydrogen) atoms. The highest BCUT2D eigenvalue weighted by atomic mass is 127. The zero-order valence-corrected chi connectivity index (χ0v) is 16.8. The third-order valence-corrected chi connectivity index (χ3v) is 5.53. The van der Waals surface area contributed by atoms with Gasteiger partial charge < -0.3 is 22.6 Å². The third kappa shape index (κ3) is 4.25. The molecule has 1 N–H and O–H groups in total. The number of aliphatic hydroxyl groups is 1. The summed E-state index contributed by atoms with van der Waals surface area (Å²) in [4.78, 5) is 26.2. The number of carbonyl (C=O) groups excluding carboxylic acids is 2. The maximum atomic E-state index is 12.8.